The molecule has 3 rings (SSSR count). The molecule has 1 aliphatic heterocycles. The van der Waals surface area contributed by atoms with E-state index in [2.05, 4.69) is 10.4 Å². The number of piperidine rings is 1. The standard InChI is InChI=1S/C21H26N4O4/c1-21(2,3)20(29)24-11-6-7-14(13-24)18(26)22-15-8-4-5-9-17(15)25-12-10-16(23-25)19(27)28/h4-5,8-10,12,14H,6-7,11,13H2,1-3H3,(H,22,26)(H,27,28). The Bertz CT molecular complexity index is 929. The average molecular weight is 398 g/mol. The van der Waals surface area contributed by atoms with Crippen molar-refractivity contribution in [3.8, 4) is 5.69 Å². The number of para-hydroxylation sites is 2. The van der Waals surface area contributed by atoms with Crippen LogP contribution in [0.2, 0.25) is 0 Å². The Balaban J connectivity index is 1.75. The molecular formula is C21H26N4O4. The monoisotopic (exact) mass is 398 g/mol. The number of aromatic nitrogens is 2. The van der Waals surface area contributed by atoms with Crippen molar-refractivity contribution >= 4 is 23.5 Å². The minimum absolute atomic E-state index is 0.0492. The molecule has 2 aromatic rings. The van der Waals surface area contributed by atoms with Crippen molar-refractivity contribution in [3.63, 3.8) is 0 Å². The fraction of sp³-hybridized carbons (Fsp3) is 0.429. The number of likely N-dealkylation sites (tertiary alicyclic amines) is 1. The highest BCUT2D eigenvalue weighted by atomic mass is 16.4. The summed E-state index contributed by atoms with van der Waals surface area (Å²) >= 11 is 0. The van der Waals surface area contributed by atoms with Crippen LogP contribution in [0, 0.1) is 11.3 Å². The number of carbonyl (C=O) groups excluding carboxylic acids is 2. The van der Waals surface area contributed by atoms with Crippen LogP contribution in [0.25, 0.3) is 5.69 Å². The van der Waals surface area contributed by atoms with E-state index in [9.17, 15) is 14.4 Å². The van der Waals surface area contributed by atoms with E-state index in [4.69, 9.17) is 5.11 Å². The van der Waals surface area contributed by atoms with E-state index in [1.54, 1.807) is 35.4 Å². The summed E-state index contributed by atoms with van der Waals surface area (Å²) in [6, 6.07) is 8.48. The fourth-order valence-corrected chi connectivity index (χ4v) is 3.44. The van der Waals surface area contributed by atoms with E-state index < -0.39 is 11.4 Å². The van der Waals surface area contributed by atoms with Gasteiger partial charge in [0, 0.05) is 24.7 Å². The molecule has 0 saturated carbocycles. The Morgan fingerprint density at radius 3 is 2.55 bits per heavy atom. The summed E-state index contributed by atoms with van der Waals surface area (Å²) in [5.41, 5.74) is 0.561. The molecule has 0 aliphatic carbocycles. The highest BCUT2D eigenvalue weighted by molar-refractivity contribution is 5.95. The summed E-state index contributed by atoms with van der Waals surface area (Å²) in [5.74, 6) is -1.52. The van der Waals surface area contributed by atoms with Crippen LogP contribution in [-0.4, -0.2) is 50.7 Å². The molecule has 2 heterocycles. The maximum absolute atomic E-state index is 12.9. The number of anilines is 1. The Morgan fingerprint density at radius 1 is 1.17 bits per heavy atom. The fourth-order valence-electron chi connectivity index (χ4n) is 3.44. The van der Waals surface area contributed by atoms with Gasteiger partial charge in [0.25, 0.3) is 0 Å². The first kappa shape index (κ1) is 20.6. The molecule has 1 atom stereocenters. The molecule has 0 bridgehead atoms. The van der Waals surface area contributed by atoms with Gasteiger partial charge in [-0.3, -0.25) is 9.59 Å². The van der Waals surface area contributed by atoms with Gasteiger partial charge in [0.15, 0.2) is 5.69 Å². The largest absolute Gasteiger partial charge is 0.476 e. The average Bonchev–Trinajstić information content (AvgIpc) is 3.17. The predicted molar refractivity (Wildman–Crippen MR) is 108 cm³/mol. The lowest BCUT2D eigenvalue weighted by molar-refractivity contribution is -0.142. The first-order chi connectivity index (χ1) is 13.7. The molecule has 29 heavy (non-hydrogen) atoms. The van der Waals surface area contributed by atoms with Gasteiger partial charge < -0.3 is 15.3 Å². The number of rotatable bonds is 4. The summed E-state index contributed by atoms with van der Waals surface area (Å²) in [4.78, 5) is 38.4. The van der Waals surface area contributed by atoms with Crippen molar-refractivity contribution in [2.24, 2.45) is 11.3 Å². The van der Waals surface area contributed by atoms with Gasteiger partial charge in [-0.05, 0) is 31.0 Å². The molecule has 1 unspecified atom stereocenters. The molecule has 1 fully saturated rings. The molecule has 1 saturated heterocycles. The predicted octanol–water partition coefficient (Wildman–Crippen LogP) is 2.79. The van der Waals surface area contributed by atoms with Gasteiger partial charge in [0.05, 0.1) is 17.3 Å². The lowest BCUT2D eigenvalue weighted by atomic mass is 9.91. The molecule has 1 aliphatic rings. The Labute approximate surface area is 169 Å². The van der Waals surface area contributed by atoms with Crippen LogP contribution in [0.3, 0.4) is 0 Å². The van der Waals surface area contributed by atoms with E-state index in [1.165, 1.54) is 10.7 Å². The summed E-state index contributed by atoms with van der Waals surface area (Å²) in [6.07, 6.45) is 3.04. The van der Waals surface area contributed by atoms with Crippen molar-refractivity contribution in [1.82, 2.24) is 14.7 Å². The van der Waals surface area contributed by atoms with Gasteiger partial charge in [-0.25, -0.2) is 9.48 Å². The number of amides is 2. The zero-order valence-corrected chi connectivity index (χ0v) is 16.9. The third-order valence-electron chi connectivity index (χ3n) is 4.94. The van der Waals surface area contributed by atoms with Crippen LogP contribution >= 0.6 is 0 Å². The van der Waals surface area contributed by atoms with Crippen molar-refractivity contribution in [2.45, 2.75) is 33.6 Å². The van der Waals surface area contributed by atoms with E-state index in [-0.39, 0.29) is 23.4 Å². The SMILES string of the molecule is CC(C)(C)C(=O)N1CCCC(C(=O)Nc2ccccc2-n2ccc(C(=O)O)n2)C1. The molecule has 1 aromatic carbocycles. The van der Waals surface area contributed by atoms with Gasteiger partial charge in [0.2, 0.25) is 11.8 Å². The van der Waals surface area contributed by atoms with Crippen LogP contribution in [0.5, 0.6) is 0 Å². The van der Waals surface area contributed by atoms with Crippen LogP contribution in [0.4, 0.5) is 5.69 Å². The van der Waals surface area contributed by atoms with Crippen molar-refractivity contribution < 1.29 is 19.5 Å². The van der Waals surface area contributed by atoms with Crippen LogP contribution in [0.15, 0.2) is 36.5 Å². The van der Waals surface area contributed by atoms with E-state index in [0.717, 1.165) is 6.42 Å². The normalized spacial score (nSPS) is 17.1. The zero-order valence-electron chi connectivity index (χ0n) is 16.9. The Hall–Kier alpha value is -3.16. The van der Waals surface area contributed by atoms with Crippen molar-refractivity contribution in [1.29, 1.82) is 0 Å². The quantitative estimate of drug-likeness (QED) is 0.824. The second-order valence-corrected chi connectivity index (χ2v) is 8.30. The minimum Gasteiger partial charge on any atom is -0.476 e. The van der Waals surface area contributed by atoms with Gasteiger partial charge in [-0.1, -0.05) is 32.9 Å². The molecule has 2 amide bonds. The number of hydrogen-bond acceptors (Lipinski definition) is 4. The summed E-state index contributed by atoms with van der Waals surface area (Å²) in [5, 5.41) is 16.0. The maximum atomic E-state index is 12.9. The molecule has 154 valence electrons. The Morgan fingerprint density at radius 2 is 1.90 bits per heavy atom. The molecule has 8 heteroatoms. The second kappa shape index (κ2) is 8.06. The molecule has 0 spiro atoms. The molecule has 0 radical (unpaired) electrons. The van der Waals surface area contributed by atoms with Crippen LogP contribution in [-0.2, 0) is 9.59 Å². The van der Waals surface area contributed by atoms with Crippen LogP contribution in [0.1, 0.15) is 44.1 Å². The van der Waals surface area contributed by atoms with Crippen LogP contribution < -0.4 is 5.32 Å². The highest BCUT2D eigenvalue weighted by Crippen LogP contribution is 2.26. The summed E-state index contributed by atoms with van der Waals surface area (Å²) in [6.45, 7) is 6.71. The number of nitrogens with zero attached hydrogens (tertiary/aromatic N) is 3. The molecular weight excluding hydrogens is 372 g/mol. The third-order valence-corrected chi connectivity index (χ3v) is 4.94. The Kier molecular flexibility index (Phi) is 5.72. The number of nitrogens with one attached hydrogen (secondary N) is 1. The highest BCUT2D eigenvalue weighted by Gasteiger charge is 2.33. The summed E-state index contributed by atoms with van der Waals surface area (Å²) in [7, 11) is 0. The minimum atomic E-state index is -1.11. The third kappa shape index (κ3) is 4.64. The van der Waals surface area contributed by atoms with E-state index in [0.29, 0.717) is 30.9 Å². The van der Waals surface area contributed by atoms with E-state index in [1.807, 2.05) is 20.8 Å². The van der Waals surface area contributed by atoms with Crippen molar-refractivity contribution in [3.05, 3.63) is 42.2 Å². The number of carboxylic acid groups (broad SMARTS) is 1. The van der Waals surface area contributed by atoms with Gasteiger partial charge >= 0.3 is 5.97 Å². The molecule has 8 nitrogen and oxygen atoms in total. The number of hydrogen-bond donors (Lipinski definition) is 2. The maximum Gasteiger partial charge on any atom is 0.356 e. The van der Waals surface area contributed by atoms with E-state index >= 15 is 0 Å². The molecule has 1 aromatic heterocycles. The van der Waals surface area contributed by atoms with Gasteiger partial charge in [-0.2, -0.15) is 5.10 Å². The smallest absolute Gasteiger partial charge is 0.356 e. The first-order valence-corrected chi connectivity index (χ1v) is 9.65. The summed E-state index contributed by atoms with van der Waals surface area (Å²) < 4.78 is 1.43. The van der Waals surface area contributed by atoms with Gasteiger partial charge in [0.1, 0.15) is 0 Å². The van der Waals surface area contributed by atoms with Gasteiger partial charge in [-0.15, -0.1) is 0 Å². The molecule has 2 N–H and O–H groups in total. The number of benzene rings is 1. The zero-order chi connectivity index (χ0) is 21.2. The first-order valence-electron chi connectivity index (χ1n) is 9.65. The topological polar surface area (TPSA) is 105 Å². The van der Waals surface area contributed by atoms with Crippen molar-refractivity contribution in [2.75, 3.05) is 18.4 Å². The lowest BCUT2D eigenvalue weighted by Gasteiger charge is -2.36. The second-order valence-electron chi connectivity index (χ2n) is 8.30. The number of aromatic carboxylic acids is 1. The number of carboxylic acids is 1. The number of carbonyl (C=O) groups is 3. The lowest BCUT2D eigenvalue weighted by Crippen LogP contribution is -2.47.